The predicted octanol–water partition coefficient (Wildman–Crippen LogP) is 6.81. The average molecular weight is 758 g/mol. The van der Waals surface area contributed by atoms with E-state index in [4.69, 9.17) is 4.74 Å². The summed E-state index contributed by atoms with van der Waals surface area (Å²) in [6.45, 7) is 6.34. The molecule has 0 saturated carbocycles. The van der Waals surface area contributed by atoms with Crippen LogP contribution in [0.4, 0.5) is 0 Å². The van der Waals surface area contributed by atoms with E-state index in [1.165, 1.54) is 11.9 Å². The molecule has 0 spiro atoms. The summed E-state index contributed by atoms with van der Waals surface area (Å²) in [6, 6.07) is 26.9. The van der Waals surface area contributed by atoms with E-state index < -0.39 is 0 Å². The van der Waals surface area contributed by atoms with Crippen LogP contribution in [0.3, 0.4) is 0 Å². The Kier molecular flexibility index (Phi) is 10.7. The van der Waals surface area contributed by atoms with Gasteiger partial charge in [0.2, 0.25) is 0 Å². The summed E-state index contributed by atoms with van der Waals surface area (Å²) < 4.78 is 5.42. The van der Waals surface area contributed by atoms with Crippen molar-refractivity contribution in [1.82, 2.24) is 44.8 Å². The fourth-order valence-corrected chi connectivity index (χ4v) is 6.51. The van der Waals surface area contributed by atoms with Crippen molar-refractivity contribution in [3.05, 3.63) is 158 Å². The van der Waals surface area contributed by atoms with Gasteiger partial charge in [-0.1, -0.05) is 48.6 Å². The molecule has 13 nitrogen and oxygen atoms in total. The second-order valence-electron chi connectivity index (χ2n) is 13.6. The lowest BCUT2D eigenvalue weighted by Gasteiger charge is -2.26. The zero-order chi connectivity index (χ0) is 39.1. The number of aromatic hydroxyl groups is 1. The summed E-state index contributed by atoms with van der Waals surface area (Å²) in [5, 5.41) is 10.4. The van der Waals surface area contributed by atoms with E-state index in [2.05, 4.69) is 75.1 Å². The van der Waals surface area contributed by atoms with Crippen molar-refractivity contribution < 1.29 is 9.84 Å². The number of ether oxygens (including phenoxy) is 1. The molecule has 1 aliphatic heterocycles. The maximum absolute atomic E-state index is 12.2. The number of H-pyrrole nitrogens is 4. The Morgan fingerprint density at radius 2 is 1.26 bits per heavy atom. The number of aromatic nitrogens is 8. The minimum absolute atomic E-state index is 0.138. The van der Waals surface area contributed by atoms with E-state index in [1.54, 1.807) is 37.5 Å². The maximum Gasteiger partial charge on any atom is 0.260 e. The van der Waals surface area contributed by atoms with Crippen LogP contribution in [0, 0.1) is 6.92 Å². The number of nitrogens with zero attached hydrogens (tertiary/aromatic N) is 5. The smallest absolute Gasteiger partial charge is 0.260 e. The van der Waals surface area contributed by atoms with E-state index in [0.717, 1.165) is 77.9 Å². The van der Waals surface area contributed by atoms with Crippen molar-refractivity contribution in [3.8, 4) is 28.3 Å². The quantitative estimate of drug-likeness (QED) is 0.111. The third-order valence-corrected chi connectivity index (χ3v) is 9.51. The molecule has 0 unspecified atom stereocenters. The van der Waals surface area contributed by atoms with Gasteiger partial charge in [-0.3, -0.25) is 24.5 Å². The number of hydrogen-bond acceptors (Lipinski definition) is 9. The number of phenolic OH excluding ortho intramolecular Hbond substituents is 1. The van der Waals surface area contributed by atoms with Gasteiger partial charge in [0.15, 0.2) is 0 Å². The standard InChI is InChI=1S/C25H25N5O2.C19H14N4O2/c1-17-27-24-22(25(31)28-17)15-23(29-24)20-8-9-26-21(14-20)7-6-18-2-4-19(5-3-18)16-30-10-12-32-13-11-30;24-15-5-2-12(3-6-15)1-4-14-9-13(7-8-20-14)17-10-16-18(23-17)21-11-22-19(16)25/h2-9,14-15H,10-13,16H2,1H3,(H2,27,28,29,31);1-11,24H,(H2,21,22,23,25)/b7-6+;4-1+. The van der Waals surface area contributed by atoms with Crippen LogP contribution in [0.5, 0.6) is 5.75 Å². The van der Waals surface area contributed by atoms with Gasteiger partial charge >= 0.3 is 0 Å². The number of fused-ring (bicyclic) bond motifs is 2. The molecule has 9 rings (SSSR count). The summed E-state index contributed by atoms with van der Waals surface area (Å²) >= 11 is 0. The van der Waals surface area contributed by atoms with Crippen LogP contribution in [-0.2, 0) is 11.3 Å². The van der Waals surface area contributed by atoms with Gasteiger partial charge in [-0.15, -0.1) is 0 Å². The maximum atomic E-state index is 12.2. The molecule has 0 aliphatic carbocycles. The first kappa shape index (κ1) is 36.7. The number of aryl methyl sites for hydroxylation is 1. The largest absolute Gasteiger partial charge is 0.508 e. The number of aromatic amines is 4. The predicted molar refractivity (Wildman–Crippen MR) is 223 cm³/mol. The molecule has 0 atom stereocenters. The number of hydrogen-bond donors (Lipinski definition) is 5. The zero-order valence-corrected chi connectivity index (χ0v) is 31.1. The lowest BCUT2D eigenvalue weighted by atomic mass is 10.1. The van der Waals surface area contributed by atoms with Crippen LogP contribution < -0.4 is 11.1 Å². The minimum atomic E-state index is -0.172. The molecule has 0 amide bonds. The highest BCUT2D eigenvalue weighted by molar-refractivity contribution is 5.84. The van der Waals surface area contributed by atoms with Crippen molar-refractivity contribution >= 4 is 46.4 Å². The Hall–Kier alpha value is -7.22. The van der Waals surface area contributed by atoms with Crippen molar-refractivity contribution in [2.24, 2.45) is 0 Å². The number of morpholine rings is 1. The van der Waals surface area contributed by atoms with Crippen LogP contribution in [0.1, 0.15) is 33.9 Å². The van der Waals surface area contributed by atoms with E-state index in [-0.39, 0.29) is 16.9 Å². The Morgan fingerprint density at radius 1 is 0.684 bits per heavy atom. The van der Waals surface area contributed by atoms with Crippen LogP contribution in [0.15, 0.2) is 113 Å². The van der Waals surface area contributed by atoms with Crippen molar-refractivity contribution in [3.63, 3.8) is 0 Å². The second-order valence-corrected chi connectivity index (χ2v) is 13.6. The normalized spacial score (nSPS) is 13.4. The first-order valence-corrected chi connectivity index (χ1v) is 18.5. The zero-order valence-electron chi connectivity index (χ0n) is 31.1. The molecule has 5 N–H and O–H groups in total. The summed E-state index contributed by atoms with van der Waals surface area (Å²) in [4.78, 5) is 55.4. The number of benzene rings is 2. The summed E-state index contributed by atoms with van der Waals surface area (Å²) in [5.74, 6) is 0.824. The minimum Gasteiger partial charge on any atom is -0.508 e. The third kappa shape index (κ3) is 9.02. The fourth-order valence-electron chi connectivity index (χ4n) is 6.51. The first-order valence-electron chi connectivity index (χ1n) is 18.5. The average Bonchev–Trinajstić information content (AvgIpc) is 3.88. The molecule has 57 heavy (non-hydrogen) atoms. The van der Waals surface area contributed by atoms with Gasteiger partial charge in [-0.2, -0.15) is 0 Å². The second kappa shape index (κ2) is 16.7. The molecule has 6 aromatic heterocycles. The summed E-state index contributed by atoms with van der Waals surface area (Å²) in [7, 11) is 0. The van der Waals surface area contributed by atoms with Crippen molar-refractivity contribution in [1.29, 1.82) is 0 Å². The van der Waals surface area contributed by atoms with E-state index in [0.29, 0.717) is 27.9 Å². The van der Waals surface area contributed by atoms with Crippen LogP contribution in [0.25, 0.3) is 68.9 Å². The number of phenols is 1. The number of rotatable bonds is 8. The van der Waals surface area contributed by atoms with Gasteiger partial charge < -0.3 is 29.8 Å². The highest BCUT2D eigenvalue weighted by atomic mass is 16.5. The fraction of sp³-hybridized carbons (Fsp3) is 0.136. The Bertz CT molecular complexity index is 2830. The monoisotopic (exact) mass is 757 g/mol. The highest BCUT2D eigenvalue weighted by Crippen LogP contribution is 2.24. The molecule has 1 fully saturated rings. The Morgan fingerprint density at radius 3 is 1.88 bits per heavy atom. The Labute approximate surface area is 326 Å². The molecule has 2 aromatic carbocycles. The molecular weight excluding hydrogens is 719 g/mol. The molecule has 1 aliphatic rings. The van der Waals surface area contributed by atoms with Gasteiger partial charge in [0, 0.05) is 54.5 Å². The number of nitrogens with one attached hydrogen (secondary N) is 4. The molecule has 1 saturated heterocycles. The van der Waals surface area contributed by atoms with Gasteiger partial charge in [-0.25, -0.2) is 9.97 Å². The summed E-state index contributed by atoms with van der Waals surface area (Å²) in [6.07, 6.45) is 12.7. The molecule has 13 heteroatoms. The molecule has 284 valence electrons. The Balaban J connectivity index is 0.000000165. The van der Waals surface area contributed by atoms with E-state index in [1.807, 2.05) is 60.7 Å². The van der Waals surface area contributed by atoms with E-state index in [9.17, 15) is 14.7 Å². The molecule has 0 radical (unpaired) electrons. The first-order chi connectivity index (χ1) is 27.8. The number of pyridine rings is 2. The van der Waals surface area contributed by atoms with Gasteiger partial charge in [-0.05, 0) is 84.3 Å². The summed E-state index contributed by atoms with van der Waals surface area (Å²) in [5.41, 5.74) is 9.37. The molecular formula is C44H39N9O4. The lowest BCUT2D eigenvalue weighted by molar-refractivity contribution is 0.0342. The SMILES string of the molecule is Cc1nc2[nH]c(-c3ccnc(/C=C/c4ccc(CN5CCOCC5)cc4)c3)cc2c(=O)[nH]1.O=c1[nH]cnc2[nH]c(-c3ccnc(/C=C/c4ccc(O)cc4)c3)cc12. The van der Waals surface area contributed by atoms with Gasteiger partial charge in [0.1, 0.15) is 22.9 Å². The third-order valence-electron chi connectivity index (χ3n) is 9.51. The lowest BCUT2D eigenvalue weighted by Crippen LogP contribution is -2.35. The van der Waals surface area contributed by atoms with Gasteiger partial charge in [0.05, 0.1) is 41.7 Å². The van der Waals surface area contributed by atoms with E-state index >= 15 is 0 Å². The van der Waals surface area contributed by atoms with Crippen molar-refractivity contribution in [2.75, 3.05) is 26.3 Å². The molecule has 0 bridgehead atoms. The molecule has 7 heterocycles. The topological polar surface area (TPSA) is 182 Å². The van der Waals surface area contributed by atoms with Crippen LogP contribution >= 0.6 is 0 Å². The van der Waals surface area contributed by atoms with Gasteiger partial charge in [0.25, 0.3) is 11.1 Å². The van der Waals surface area contributed by atoms with Crippen LogP contribution in [-0.4, -0.2) is 76.2 Å². The highest BCUT2D eigenvalue weighted by Gasteiger charge is 2.12. The van der Waals surface area contributed by atoms with Crippen molar-refractivity contribution in [2.45, 2.75) is 13.5 Å². The van der Waals surface area contributed by atoms with Crippen LogP contribution in [0.2, 0.25) is 0 Å². The molecule has 8 aromatic rings.